The van der Waals surface area contributed by atoms with E-state index in [1.807, 2.05) is 66.1 Å². The van der Waals surface area contributed by atoms with E-state index in [1.165, 1.54) is 16.8 Å². The van der Waals surface area contributed by atoms with Crippen LogP contribution in [0.4, 0.5) is 22.9 Å². The Kier molecular flexibility index (Phi) is 5.56. The minimum atomic E-state index is -2.24. The van der Waals surface area contributed by atoms with Gasteiger partial charge in [-0.25, -0.2) is 9.97 Å². The van der Waals surface area contributed by atoms with Crippen molar-refractivity contribution in [2.75, 3.05) is 16.5 Å². The van der Waals surface area contributed by atoms with E-state index in [0.717, 1.165) is 44.7 Å². The third-order valence-corrected chi connectivity index (χ3v) is 8.52. The summed E-state index contributed by atoms with van der Waals surface area (Å²) in [6.07, 6.45) is 1.55. The summed E-state index contributed by atoms with van der Waals surface area (Å²) in [5.41, 5.74) is 8.68. The summed E-state index contributed by atoms with van der Waals surface area (Å²) >= 11 is 0. The number of nitrogens with zero attached hydrogens (tertiary/aromatic N) is 5. The van der Waals surface area contributed by atoms with E-state index in [2.05, 4.69) is 71.1 Å². The van der Waals surface area contributed by atoms with E-state index in [4.69, 9.17) is 13.8 Å². The van der Waals surface area contributed by atoms with Crippen LogP contribution in [0.15, 0.2) is 115 Å². The average Bonchev–Trinajstić information content (AvgIpc) is 3.60. The zero-order chi connectivity index (χ0) is 33.2. The zero-order valence-electron chi connectivity index (χ0n) is 28.3. The molecule has 220 valence electrons. The molecule has 0 bridgehead atoms. The van der Waals surface area contributed by atoms with E-state index in [9.17, 15) is 0 Å². The number of fused-ring (bicyclic) bond motifs is 4. The lowest BCUT2D eigenvalue weighted by atomic mass is 10.1. The molecule has 0 spiro atoms. The highest BCUT2D eigenvalue weighted by Gasteiger charge is 2.31. The fourth-order valence-electron chi connectivity index (χ4n) is 6.51. The second-order valence-corrected chi connectivity index (χ2v) is 11.6. The zero-order valence-corrected chi connectivity index (χ0v) is 25.3. The lowest BCUT2D eigenvalue weighted by Gasteiger charge is -2.25. The van der Waals surface area contributed by atoms with Gasteiger partial charge in [0, 0.05) is 50.3 Å². The molecular formula is C39H33N5O. The van der Waals surface area contributed by atoms with Crippen molar-refractivity contribution in [3.8, 4) is 17.3 Å². The lowest BCUT2D eigenvalue weighted by molar-refractivity contribution is 0.483. The first-order chi connectivity index (χ1) is 23.2. The number of rotatable bonds is 5. The Morgan fingerprint density at radius 1 is 0.711 bits per heavy atom. The van der Waals surface area contributed by atoms with Crippen LogP contribution in [-0.2, 0) is 0 Å². The molecule has 0 amide bonds. The van der Waals surface area contributed by atoms with Crippen molar-refractivity contribution >= 4 is 44.7 Å². The third kappa shape index (κ3) is 4.57. The quantitative estimate of drug-likeness (QED) is 0.200. The Morgan fingerprint density at radius 2 is 1.51 bits per heavy atom. The van der Waals surface area contributed by atoms with Crippen LogP contribution in [0.3, 0.4) is 0 Å². The van der Waals surface area contributed by atoms with Crippen molar-refractivity contribution in [1.29, 1.82) is 0 Å². The number of hydrogen-bond donors (Lipinski definition) is 0. The van der Waals surface area contributed by atoms with Crippen molar-refractivity contribution in [3.05, 3.63) is 138 Å². The average molecular weight is 591 g/mol. The molecule has 6 nitrogen and oxygen atoms in total. The summed E-state index contributed by atoms with van der Waals surface area (Å²) in [5.74, 6) is 2.80. The summed E-state index contributed by atoms with van der Waals surface area (Å²) < 4.78 is 32.4. The smallest absolute Gasteiger partial charge is 0.158 e. The molecule has 4 aromatic carbocycles. The Bertz CT molecular complexity index is 2340. The molecule has 0 unspecified atom stereocenters. The predicted molar refractivity (Wildman–Crippen MR) is 184 cm³/mol. The Morgan fingerprint density at radius 3 is 2.38 bits per heavy atom. The molecule has 7 aromatic rings. The van der Waals surface area contributed by atoms with Crippen molar-refractivity contribution in [2.24, 2.45) is 0 Å². The maximum absolute atomic E-state index is 7.95. The largest absolute Gasteiger partial charge is 0.457 e. The third-order valence-electron chi connectivity index (χ3n) is 8.52. The lowest BCUT2D eigenvalue weighted by Crippen LogP contribution is -2.25. The number of aromatic nitrogens is 3. The molecule has 0 fully saturated rings. The highest BCUT2D eigenvalue weighted by Crippen LogP contribution is 2.45. The Labute approximate surface area is 267 Å². The highest BCUT2D eigenvalue weighted by atomic mass is 16.5. The van der Waals surface area contributed by atoms with Crippen LogP contribution in [0.1, 0.15) is 26.5 Å². The first kappa shape index (κ1) is 23.8. The second-order valence-electron chi connectivity index (χ2n) is 11.6. The standard InChI is InChI=1S/C39H33N5O/c1-25-19-20-40-37(21-25)44-34-14-6-5-13-32(34)33-17-16-31(23-36(33)44)45-30-12-8-11-29(22-30)42-24-43(35-18-15-28(4)41-39(35)42)38-26(2)9-7-10-27(38)3/h5-23H,24H2,1-4H3/i1D3. The fraction of sp³-hybridized carbons (Fsp3) is 0.128. The molecule has 6 heteroatoms. The molecule has 45 heavy (non-hydrogen) atoms. The molecular weight excluding hydrogens is 554 g/mol. The van der Waals surface area contributed by atoms with E-state index in [-0.39, 0.29) is 5.56 Å². The first-order valence-corrected chi connectivity index (χ1v) is 15.0. The van der Waals surface area contributed by atoms with Crippen molar-refractivity contribution in [1.82, 2.24) is 14.5 Å². The molecule has 0 saturated heterocycles. The second kappa shape index (κ2) is 10.5. The molecule has 0 aliphatic carbocycles. The summed E-state index contributed by atoms with van der Waals surface area (Å²) in [6.45, 7) is 4.70. The number of ether oxygens (including phenoxy) is 1. The number of benzene rings is 4. The van der Waals surface area contributed by atoms with Gasteiger partial charge in [0.25, 0.3) is 0 Å². The van der Waals surface area contributed by atoms with Crippen molar-refractivity contribution < 1.29 is 8.85 Å². The molecule has 0 atom stereocenters. The molecule has 0 N–H and O–H groups in total. The van der Waals surface area contributed by atoms with Crippen molar-refractivity contribution in [3.63, 3.8) is 0 Å². The van der Waals surface area contributed by atoms with Gasteiger partial charge in [-0.2, -0.15) is 0 Å². The number of anilines is 4. The van der Waals surface area contributed by atoms with E-state index < -0.39 is 6.85 Å². The van der Waals surface area contributed by atoms with E-state index in [0.29, 0.717) is 24.0 Å². The molecule has 3 aromatic heterocycles. The van der Waals surface area contributed by atoms with Crippen LogP contribution in [-0.4, -0.2) is 21.2 Å². The first-order valence-electron chi connectivity index (χ1n) is 16.5. The summed E-state index contributed by atoms with van der Waals surface area (Å²) in [6, 6.07) is 36.0. The van der Waals surface area contributed by atoms with Crippen LogP contribution in [0.25, 0.3) is 27.6 Å². The van der Waals surface area contributed by atoms with Gasteiger partial charge in [0.05, 0.1) is 16.7 Å². The van der Waals surface area contributed by atoms with Gasteiger partial charge in [0.15, 0.2) is 5.82 Å². The maximum Gasteiger partial charge on any atom is 0.158 e. The van der Waals surface area contributed by atoms with E-state index in [1.54, 1.807) is 18.3 Å². The van der Waals surface area contributed by atoms with Gasteiger partial charge in [-0.1, -0.05) is 42.5 Å². The van der Waals surface area contributed by atoms with Crippen LogP contribution in [0, 0.1) is 27.6 Å². The topological polar surface area (TPSA) is 46.4 Å². The van der Waals surface area contributed by atoms with Gasteiger partial charge in [-0.3, -0.25) is 4.57 Å². The molecule has 4 heterocycles. The highest BCUT2D eigenvalue weighted by molar-refractivity contribution is 6.09. The number of aryl methyl sites for hydroxylation is 4. The van der Waals surface area contributed by atoms with E-state index >= 15 is 0 Å². The van der Waals surface area contributed by atoms with Gasteiger partial charge in [0.2, 0.25) is 0 Å². The number of pyridine rings is 2. The molecule has 8 rings (SSSR count). The maximum atomic E-state index is 7.95. The monoisotopic (exact) mass is 590 g/mol. The van der Waals surface area contributed by atoms with Crippen LogP contribution in [0.5, 0.6) is 11.5 Å². The summed E-state index contributed by atoms with van der Waals surface area (Å²) in [7, 11) is 0. The van der Waals surface area contributed by atoms with Gasteiger partial charge in [-0.15, -0.1) is 0 Å². The summed E-state index contributed by atoms with van der Waals surface area (Å²) in [4.78, 5) is 14.1. The molecule has 0 saturated carbocycles. The van der Waals surface area contributed by atoms with Gasteiger partial charge in [0.1, 0.15) is 24.0 Å². The minimum absolute atomic E-state index is 0.243. The molecule has 0 radical (unpaired) electrons. The normalized spacial score (nSPS) is 14.0. The Hall–Kier alpha value is -5.62. The SMILES string of the molecule is [2H]C([2H])([2H])c1ccnc(-n2c3ccccc3c3ccc(Oc4cccc(N5CN(c6c(C)cccc6C)c6ccc(C)nc65)c4)cc32)c1. The minimum Gasteiger partial charge on any atom is -0.457 e. The van der Waals surface area contributed by atoms with Gasteiger partial charge in [-0.05, 0) is 98.9 Å². The van der Waals surface area contributed by atoms with Crippen LogP contribution in [0.2, 0.25) is 0 Å². The number of para-hydroxylation sites is 2. The Balaban J connectivity index is 1.18. The van der Waals surface area contributed by atoms with Gasteiger partial charge >= 0.3 is 0 Å². The molecule has 1 aliphatic rings. The number of hydrogen-bond acceptors (Lipinski definition) is 5. The van der Waals surface area contributed by atoms with Crippen molar-refractivity contribution in [2.45, 2.75) is 27.6 Å². The van der Waals surface area contributed by atoms with Crippen LogP contribution < -0.4 is 14.5 Å². The van der Waals surface area contributed by atoms with Crippen LogP contribution >= 0.6 is 0 Å². The fourth-order valence-corrected chi connectivity index (χ4v) is 6.51. The van der Waals surface area contributed by atoms with Gasteiger partial charge < -0.3 is 14.5 Å². The molecule has 1 aliphatic heterocycles. The predicted octanol–water partition coefficient (Wildman–Crippen LogP) is 9.85. The summed E-state index contributed by atoms with van der Waals surface area (Å²) in [5, 5.41) is 2.07.